The number of nitrogens with one attached hydrogen (secondary N) is 2. The van der Waals surface area contributed by atoms with Crippen molar-refractivity contribution in [1.29, 1.82) is 0 Å². The summed E-state index contributed by atoms with van der Waals surface area (Å²) in [6.07, 6.45) is 0.134. The molecule has 0 fully saturated rings. The molecule has 19 heavy (non-hydrogen) atoms. The zero-order valence-corrected chi connectivity index (χ0v) is 11.6. The van der Waals surface area contributed by atoms with Crippen LogP contribution in [-0.2, 0) is 6.54 Å². The third-order valence-electron chi connectivity index (χ3n) is 2.94. The predicted octanol–water partition coefficient (Wildman–Crippen LogP) is -0.0424. The van der Waals surface area contributed by atoms with Crippen molar-refractivity contribution < 1.29 is 5.11 Å². The molecule has 108 valence electrons. The highest BCUT2D eigenvalue weighted by Gasteiger charge is 2.14. The average Bonchev–Trinajstić information content (AvgIpc) is 2.33. The molecule has 1 atom stereocenters. The Morgan fingerprint density at radius 3 is 2.58 bits per heavy atom. The molecule has 0 aliphatic heterocycles. The van der Waals surface area contributed by atoms with Crippen molar-refractivity contribution >= 4 is 11.5 Å². The number of aromatic amines is 1. The predicted molar refractivity (Wildman–Crippen MR) is 75.4 cm³/mol. The summed E-state index contributed by atoms with van der Waals surface area (Å²) >= 11 is 0. The van der Waals surface area contributed by atoms with E-state index in [1.807, 2.05) is 20.8 Å². The number of aromatic nitrogens is 2. The van der Waals surface area contributed by atoms with Gasteiger partial charge in [-0.2, -0.15) is 0 Å². The van der Waals surface area contributed by atoms with Crippen LogP contribution in [0.2, 0.25) is 0 Å². The minimum Gasteiger partial charge on any atom is -0.391 e. The summed E-state index contributed by atoms with van der Waals surface area (Å²) in [4.78, 5) is 25.5. The van der Waals surface area contributed by atoms with E-state index in [0.29, 0.717) is 6.54 Å². The van der Waals surface area contributed by atoms with Gasteiger partial charge in [0.25, 0.3) is 5.56 Å². The van der Waals surface area contributed by atoms with Gasteiger partial charge in [0.15, 0.2) is 0 Å². The fourth-order valence-electron chi connectivity index (χ4n) is 1.65. The number of aliphatic hydroxyl groups excluding tert-OH is 1. The van der Waals surface area contributed by atoms with Crippen LogP contribution in [-0.4, -0.2) is 27.3 Å². The zero-order chi connectivity index (χ0) is 14.6. The summed E-state index contributed by atoms with van der Waals surface area (Å²) in [6, 6.07) is 0. The first-order chi connectivity index (χ1) is 8.88. The van der Waals surface area contributed by atoms with Crippen molar-refractivity contribution in [3.8, 4) is 0 Å². The van der Waals surface area contributed by atoms with E-state index in [1.165, 1.54) is 4.57 Å². The van der Waals surface area contributed by atoms with Gasteiger partial charge in [-0.15, -0.1) is 0 Å². The van der Waals surface area contributed by atoms with E-state index < -0.39 is 17.4 Å². The monoisotopic (exact) mass is 270 g/mol. The highest BCUT2D eigenvalue weighted by Crippen LogP contribution is 2.11. The molecule has 1 aromatic rings. The van der Waals surface area contributed by atoms with Crippen molar-refractivity contribution in [3.63, 3.8) is 0 Å². The topological polar surface area (TPSA) is 113 Å². The number of aliphatic hydroxyl groups is 1. The summed E-state index contributed by atoms with van der Waals surface area (Å²) < 4.78 is 1.31. The Balaban J connectivity index is 3.04. The lowest BCUT2D eigenvalue weighted by atomic mass is 10.1. The number of hydrogen-bond donors (Lipinski definition) is 4. The minimum absolute atomic E-state index is 0.0642. The lowest BCUT2D eigenvalue weighted by Gasteiger charge is -2.17. The molecule has 0 bridgehead atoms. The molecule has 0 amide bonds. The van der Waals surface area contributed by atoms with Gasteiger partial charge in [0.05, 0.1) is 6.10 Å². The van der Waals surface area contributed by atoms with E-state index >= 15 is 0 Å². The quantitative estimate of drug-likeness (QED) is 0.579. The highest BCUT2D eigenvalue weighted by atomic mass is 16.3. The smallest absolute Gasteiger partial charge is 0.330 e. The van der Waals surface area contributed by atoms with Crippen molar-refractivity contribution in [2.75, 3.05) is 17.6 Å². The summed E-state index contributed by atoms with van der Waals surface area (Å²) in [5.74, 6) is 0.168. The molecule has 0 aliphatic rings. The normalized spacial score (nSPS) is 12.7. The first-order valence-electron chi connectivity index (χ1n) is 6.43. The molecule has 0 spiro atoms. The summed E-state index contributed by atoms with van der Waals surface area (Å²) in [6.45, 7) is 6.29. The molecular formula is C12H22N4O3. The molecule has 1 rings (SSSR count). The second kappa shape index (κ2) is 6.42. The van der Waals surface area contributed by atoms with E-state index in [0.717, 1.165) is 6.42 Å². The summed E-state index contributed by atoms with van der Waals surface area (Å²) in [5.41, 5.74) is 4.89. The third-order valence-corrected chi connectivity index (χ3v) is 2.94. The Morgan fingerprint density at radius 1 is 1.42 bits per heavy atom. The van der Waals surface area contributed by atoms with Crippen LogP contribution in [0.4, 0.5) is 11.5 Å². The van der Waals surface area contributed by atoms with Gasteiger partial charge >= 0.3 is 5.69 Å². The molecular weight excluding hydrogens is 248 g/mol. The Morgan fingerprint density at radius 2 is 2.05 bits per heavy atom. The van der Waals surface area contributed by atoms with Gasteiger partial charge in [-0.3, -0.25) is 14.3 Å². The van der Waals surface area contributed by atoms with Gasteiger partial charge in [0.1, 0.15) is 11.5 Å². The number of nitrogen functional groups attached to an aromatic ring is 1. The van der Waals surface area contributed by atoms with E-state index in [1.54, 1.807) is 0 Å². The summed E-state index contributed by atoms with van der Waals surface area (Å²) in [5, 5.41) is 12.5. The fourth-order valence-corrected chi connectivity index (χ4v) is 1.65. The number of anilines is 2. The average molecular weight is 270 g/mol. The number of nitrogens with two attached hydrogens (primary N) is 1. The van der Waals surface area contributed by atoms with Crippen LogP contribution in [0.25, 0.3) is 0 Å². The SMILES string of the molecule is CCCn1c(N)c(NCC(O)C(C)C)c(=O)[nH]c1=O. The van der Waals surface area contributed by atoms with E-state index in [-0.39, 0.29) is 24.0 Å². The van der Waals surface area contributed by atoms with Gasteiger partial charge in [-0.25, -0.2) is 4.79 Å². The molecule has 1 aromatic heterocycles. The standard InChI is InChI=1S/C12H22N4O3/c1-4-5-16-10(13)9(11(18)15-12(16)19)14-6-8(17)7(2)3/h7-8,14,17H,4-6,13H2,1-3H3,(H,15,18,19). The molecule has 0 saturated carbocycles. The van der Waals surface area contributed by atoms with Crippen LogP contribution in [0.1, 0.15) is 27.2 Å². The lowest BCUT2D eigenvalue weighted by Crippen LogP contribution is -2.35. The summed E-state index contributed by atoms with van der Waals surface area (Å²) in [7, 11) is 0. The van der Waals surface area contributed by atoms with E-state index in [2.05, 4.69) is 10.3 Å². The molecule has 1 unspecified atom stereocenters. The lowest BCUT2D eigenvalue weighted by molar-refractivity contribution is 0.138. The van der Waals surface area contributed by atoms with Crippen molar-refractivity contribution in [2.45, 2.75) is 39.8 Å². The van der Waals surface area contributed by atoms with E-state index in [9.17, 15) is 14.7 Å². The van der Waals surface area contributed by atoms with Crippen LogP contribution in [0.15, 0.2) is 9.59 Å². The molecule has 0 radical (unpaired) electrons. The van der Waals surface area contributed by atoms with Crippen molar-refractivity contribution in [3.05, 3.63) is 20.8 Å². The Hall–Kier alpha value is -1.76. The molecule has 0 saturated heterocycles. The largest absolute Gasteiger partial charge is 0.391 e. The van der Waals surface area contributed by atoms with Crippen molar-refractivity contribution in [1.82, 2.24) is 9.55 Å². The first kappa shape index (κ1) is 15.3. The fraction of sp³-hybridized carbons (Fsp3) is 0.667. The van der Waals surface area contributed by atoms with Gasteiger partial charge in [0, 0.05) is 13.1 Å². The zero-order valence-electron chi connectivity index (χ0n) is 11.6. The van der Waals surface area contributed by atoms with Crippen LogP contribution < -0.4 is 22.3 Å². The van der Waals surface area contributed by atoms with Gasteiger partial charge in [0.2, 0.25) is 0 Å². The maximum Gasteiger partial charge on any atom is 0.330 e. The Labute approximate surface area is 111 Å². The second-order valence-corrected chi connectivity index (χ2v) is 4.86. The minimum atomic E-state index is -0.592. The second-order valence-electron chi connectivity index (χ2n) is 4.86. The molecule has 5 N–H and O–H groups in total. The molecule has 0 aliphatic carbocycles. The maximum absolute atomic E-state index is 11.7. The van der Waals surface area contributed by atoms with Crippen LogP contribution >= 0.6 is 0 Å². The number of rotatable bonds is 6. The van der Waals surface area contributed by atoms with Gasteiger partial charge in [-0.05, 0) is 12.3 Å². The highest BCUT2D eigenvalue weighted by molar-refractivity contribution is 5.60. The first-order valence-corrected chi connectivity index (χ1v) is 6.43. The van der Waals surface area contributed by atoms with Crippen LogP contribution in [0.3, 0.4) is 0 Å². The molecule has 7 heteroatoms. The number of nitrogens with zero attached hydrogens (tertiary/aromatic N) is 1. The van der Waals surface area contributed by atoms with Crippen molar-refractivity contribution in [2.24, 2.45) is 5.92 Å². The number of H-pyrrole nitrogens is 1. The molecule has 7 nitrogen and oxygen atoms in total. The molecule has 1 heterocycles. The maximum atomic E-state index is 11.7. The van der Waals surface area contributed by atoms with Gasteiger partial charge < -0.3 is 16.2 Å². The van der Waals surface area contributed by atoms with Crippen LogP contribution in [0, 0.1) is 5.92 Å². The Bertz CT molecular complexity index is 533. The third kappa shape index (κ3) is 3.60. The van der Waals surface area contributed by atoms with E-state index in [4.69, 9.17) is 5.73 Å². The van der Waals surface area contributed by atoms with Crippen LogP contribution in [0.5, 0.6) is 0 Å². The Kier molecular flexibility index (Phi) is 5.17. The molecule has 0 aromatic carbocycles. The number of hydrogen-bond acceptors (Lipinski definition) is 5. The van der Waals surface area contributed by atoms with Gasteiger partial charge in [-0.1, -0.05) is 20.8 Å².